The molecule has 1 aromatic carbocycles. The molecular weight excluding hydrogens is 314 g/mol. The summed E-state index contributed by atoms with van der Waals surface area (Å²) in [5, 5.41) is 15.4. The van der Waals surface area contributed by atoms with E-state index in [2.05, 4.69) is 10.6 Å². The fraction of sp³-hybridized carbons (Fsp3) is 0.500. The van der Waals surface area contributed by atoms with Crippen LogP contribution < -0.4 is 15.4 Å². The van der Waals surface area contributed by atoms with Crippen molar-refractivity contribution in [3.05, 3.63) is 41.1 Å². The molecule has 0 radical (unpaired) electrons. The minimum Gasteiger partial charge on any atom is -0.494 e. The Morgan fingerprint density at radius 1 is 1.44 bits per heavy atom. The van der Waals surface area contributed by atoms with E-state index in [0.717, 1.165) is 29.7 Å². The summed E-state index contributed by atoms with van der Waals surface area (Å²) in [7, 11) is 0. The third-order valence-corrected chi connectivity index (χ3v) is 4.46. The highest BCUT2D eigenvalue weighted by Gasteiger charge is 2.18. The lowest BCUT2D eigenvalue weighted by atomic mass is 10.0. The minimum atomic E-state index is -0.371. The van der Waals surface area contributed by atoms with E-state index < -0.39 is 0 Å². The molecule has 2 rings (SSSR count). The van der Waals surface area contributed by atoms with E-state index in [9.17, 15) is 10.1 Å². The molecule has 1 unspecified atom stereocenters. The first-order valence-corrected chi connectivity index (χ1v) is 8.95. The molecule has 1 fully saturated rings. The number of hydrogen-bond acceptors (Lipinski definition) is 4. The Kier molecular flexibility index (Phi) is 6.88. The van der Waals surface area contributed by atoms with E-state index in [1.165, 1.54) is 12.8 Å². The molecule has 0 spiro atoms. The van der Waals surface area contributed by atoms with Gasteiger partial charge in [-0.05, 0) is 39.7 Å². The van der Waals surface area contributed by atoms with Gasteiger partial charge in [0, 0.05) is 17.8 Å². The number of nitrogens with one attached hydrogen (secondary N) is 2. The fourth-order valence-electron chi connectivity index (χ4n) is 3.09. The standard InChI is InChI=1S/C20H27N3O2/c1-4-25-19-10-9-14(2)11-18(19)15(3)23-20(24)16(12-21)13-22-17-7-5-6-8-17/h9-11,13,15,17,22H,4-8H2,1-3H3,(H,23,24)/b16-13-. The highest BCUT2D eigenvalue weighted by Crippen LogP contribution is 2.26. The Morgan fingerprint density at radius 2 is 2.16 bits per heavy atom. The third kappa shape index (κ3) is 5.25. The van der Waals surface area contributed by atoms with Crippen LogP contribution in [0.2, 0.25) is 0 Å². The average Bonchev–Trinajstić information content (AvgIpc) is 3.10. The number of nitriles is 1. The summed E-state index contributed by atoms with van der Waals surface area (Å²) >= 11 is 0. The van der Waals surface area contributed by atoms with Gasteiger partial charge in [-0.15, -0.1) is 0 Å². The molecule has 1 amide bonds. The minimum absolute atomic E-state index is 0.101. The molecule has 1 aliphatic rings. The first-order chi connectivity index (χ1) is 12.0. The second kappa shape index (κ2) is 9.12. The van der Waals surface area contributed by atoms with Gasteiger partial charge in [0.25, 0.3) is 5.91 Å². The smallest absolute Gasteiger partial charge is 0.263 e. The predicted octanol–water partition coefficient (Wildman–Crippen LogP) is 3.51. The molecular formula is C20H27N3O2. The van der Waals surface area contributed by atoms with Gasteiger partial charge in [0.2, 0.25) is 0 Å². The SMILES string of the molecule is CCOc1ccc(C)cc1C(C)NC(=O)/C(C#N)=C\NC1CCCC1. The molecule has 134 valence electrons. The summed E-state index contributed by atoms with van der Waals surface area (Å²) in [6.45, 7) is 6.39. The van der Waals surface area contributed by atoms with Crippen molar-refractivity contribution in [2.45, 2.75) is 58.5 Å². The molecule has 0 bridgehead atoms. The Morgan fingerprint density at radius 3 is 2.80 bits per heavy atom. The van der Waals surface area contributed by atoms with Gasteiger partial charge in [-0.3, -0.25) is 4.79 Å². The zero-order valence-electron chi connectivity index (χ0n) is 15.3. The molecule has 0 saturated heterocycles. The number of carbonyl (C=O) groups is 1. The molecule has 1 aromatic rings. The van der Waals surface area contributed by atoms with Crippen LogP contribution in [0.4, 0.5) is 0 Å². The van der Waals surface area contributed by atoms with Gasteiger partial charge < -0.3 is 15.4 Å². The quantitative estimate of drug-likeness (QED) is 0.588. The normalized spacial score (nSPS) is 16.2. The van der Waals surface area contributed by atoms with Crippen molar-refractivity contribution in [3.63, 3.8) is 0 Å². The van der Waals surface area contributed by atoms with Crippen LogP contribution in [0.25, 0.3) is 0 Å². The van der Waals surface area contributed by atoms with Gasteiger partial charge in [0.1, 0.15) is 17.4 Å². The first-order valence-electron chi connectivity index (χ1n) is 8.95. The monoisotopic (exact) mass is 341 g/mol. The van der Waals surface area contributed by atoms with Crippen molar-refractivity contribution in [1.82, 2.24) is 10.6 Å². The molecule has 5 nitrogen and oxygen atoms in total. The van der Waals surface area contributed by atoms with Crippen LogP contribution in [0.15, 0.2) is 30.0 Å². The van der Waals surface area contributed by atoms with Crippen LogP contribution in [0, 0.1) is 18.3 Å². The molecule has 1 aliphatic carbocycles. The zero-order valence-corrected chi connectivity index (χ0v) is 15.3. The van der Waals surface area contributed by atoms with Crippen LogP contribution in [0.3, 0.4) is 0 Å². The Labute approximate surface area is 150 Å². The molecule has 0 aliphatic heterocycles. The van der Waals surface area contributed by atoms with E-state index in [-0.39, 0.29) is 17.5 Å². The van der Waals surface area contributed by atoms with Gasteiger partial charge in [-0.2, -0.15) is 5.26 Å². The van der Waals surface area contributed by atoms with E-state index in [4.69, 9.17) is 4.74 Å². The molecule has 2 N–H and O–H groups in total. The summed E-state index contributed by atoms with van der Waals surface area (Å²) in [6.07, 6.45) is 6.13. The number of hydrogen-bond donors (Lipinski definition) is 2. The Bertz CT molecular complexity index is 670. The second-order valence-corrected chi connectivity index (χ2v) is 6.49. The summed E-state index contributed by atoms with van der Waals surface area (Å²) in [4.78, 5) is 12.4. The third-order valence-electron chi connectivity index (χ3n) is 4.46. The number of carbonyl (C=O) groups excluding carboxylic acids is 1. The zero-order chi connectivity index (χ0) is 18.2. The largest absolute Gasteiger partial charge is 0.494 e. The molecule has 5 heteroatoms. The number of aryl methyl sites for hydroxylation is 1. The number of amides is 1. The van der Waals surface area contributed by atoms with Crippen molar-refractivity contribution in [2.24, 2.45) is 0 Å². The Balaban J connectivity index is 2.06. The van der Waals surface area contributed by atoms with Crippen molar-refractivity contribution < 1.29 is 9.53 Å². The van der Waals surface area contributed by atoms with Gasteiger partial charge in [-0.1, -0.05) is 30.5 Å². The van der Waals surface area contributed by atoms with Gasteiger partial charge in [0.05, 0.1) is 12.6 Å². The first kappa shape index (κ1) is 18.9. The van der Waals surface area contributed by atoms with Crippen molar-refractivity contribution in [3.8, 4) is 11.8 Å². The lowest BCUT2D eigenvalue weighted by Gasteiger charge is -2.19. The molecule has 0 aromatic heterocycles. The Hall–Kier alpha value is -2.48. The van der Waals surface area contributed by atoms with Crippen molar-refractivity contribution in [2.75, 3.05) is 6.61 Å². The lowest BCUT2D eigenvalue weighted by Crippen LogP contribution is -2.30. The van der Waals surface area contributed by atoms with Crippen LogP contribution >= 0.6 is 0 Å². The van der Waals surface area contributed by atoms with Gasteiger partial charge >= 0.3 is 0 Å². The second-order valence-electron chi connectivity index (χ2n) is 6.49. The number of nitrogens with zero attached hydrogens (tertiary/aromatic N) is 1. The van der Waals surface area contributed by atoms with Crippen LogP contribution in [-0.2, 0) is 4.79 Å². The molecule has 0 heterocycles. The average molecular weight is 341 g/mol. The maximum atomic E-state index is 12.4. The van der Waals surface area contributed by atoms with Gasteiger partial charge in [0.15, 0.2) is 0 Å². The lowest BCUT2D eigenvalue weighted by molar-refractivity contribution is -0.117. The maximum absolute atomic E-state index is 12.4. The van der Waals surface area contributed by atoms with E-state index >= 15 is 0 Å². The summed E-state index contributed by atoms with van der Waals surface area (Å²) in [5.74, 6) is 0.386. The van der Waals surface area contributed by atoms with Gasteiger partial charge in [-0.25, -0.2) is 0 Å². The number of ether oxygens (including phenoxy) is 1. The highest BCUT2D eigenvalue weighted by atomic mass is 16.5. The van der Waals surface area contributed by atoms with Crippen LogP contribution in [0.1, 0.15) is 56.7 Å². The van der Waals surface area contributed by atoms with Crippen molar-refractivity contribution in [1.29, 1.82) is 5.26 Å². The number of rotatable bonds is 7. The molecule has 1 atom stereocenters. The topological polar surface area (TPSA) is 74.1 Å². The predicted molar refractivity (Wildman–Crippen MR) is 98.0 cm³/mol. The van der Waals surface area contributed by atoms with E-state index in [1.807, 2.05) is 45.0 Å². The van der Waals surface area contributed by atoms with E-state index in [1.54, 1.807) is 6.20 Å². The molecule has 1 saturated carbocycles. The van der Waals surface area contributed by atoms with Crippen molar-refractivity contribution >= 4 is 5.91 Å². The fourth-order valence-corrected chi connectivity index (χ4v) is 3.09. The van der Waals surface area contributed by atoms with Crippen LogP contribution in [-0.4, -0.2) is 18.6 Å². The maximum Gasteiger partial charge on any atom is 0.263 e. The summed E-state index contributed by atoms with van der Waals surface area (Å²) in [5.41, 5.74) is 2.11. The van der Waals surface area contributed by atoms with Crippen LogP contribution in [0.5, 0.6) is 5.75 Å². The highest BCUT2D eigenvalue weighted by molar-refractivity contribution is 5.97. The summed E-state index contributed by atoms with van der Waals surface area (Å²) < 4.78 is 5.65. The van der Waals surface area contributed by atoms with E-state index in [0.29, 0.717) is 12.6 Å². The number of benzene rings is 1. The summed E-state index contributed by atoms with van der Waals surface area (Å²) in [6, 6.07) is 8.01. The molecule has 25 heavy (non-hydrogen) atoms.